The highest BCUT2D eigenvalue weighted by atomic mass is 16.7. The van der Waals surface area contributed by atoms with Gasteiger partial charge in [-0.3, -0.25) is 0 Å². The van der Waals surface area contributed by atoms with Gasteiger partial charge in [0, 0.05) is 11.3 Å². The van der Waals surface area contributed by atoms with Crippen LogP contribution in [0.4, 0.5) is 0 Å². The molecular formula is C13H24O2. The molecule has 2 nitrogen and oxygen atoms in total. The van der Waals surface area contributed by atoms with E-state index in [4.69, 9.17) is 9.47 Å². The fourth-order valence-electron chi connectivity index (χ4n) is 2.72. The van der Waals surface area contributed by atoms with Crippen molar-refractivity contribution in [2.45, 2.75) is 59.4 Å². The van der Waals surface area contributed by atoms with Gasteiger partial charge in [-0.2, -0.15) is 0 Å². The van der Waals surface area contributed by atoms with Crippen LogP contribution in [-0.4, -0.2) is 18.5 Å². The van der Waals surface area contributed by atoms with Crippen molar-refractivity contribution in [1.29, 1.82) is 0 Å². The van der Waals surface area contributed by atoms with Gasteiger partial charge in [-0.05, 0) is 25.7 Å². The number of hydrogen-bond donors (Lipinski definition) is 0. The maximum absolute atomic E-state index is 6.25. The van der Waals surface area contributed by atoms with Gasteiger partial charge in [0.1, 0.15) is 0 Å². The van der Waals surface area contributed by atoms with Gasteiger partial charge in [-0.1, -0.05) is 27.7 Å². The number of hydrogen-bond acceptors (Lipinski definition) is 2. The third-order valence-corrected chi connectivity index (χ3v) is 3.79. The van der Waals surface area contributed by atoms with E-state index in [1.165, 1.54) is 12.8 Å². The Morgan fingerprint density at radius 2 is 1.73 bits per heavy atom. The average Bonchev–Trinajstić information content (AvgIpc) is 2.92. The van der Waals surface area contributed by atoms with Crippen molar-refractivity contribution in [2.24, 2.45) is 17.3 Å². The molecule has 1 aliphatic heterocycles. The average molecular weight is 212 g/mol. The Kier molecular flexibility index (Phi) is 2.63. The monoisotopic (exact) mass is 212 g/mol. The Hall–Kier alpha value is -0.0800. The summed E-state index contributed by atoms with van der Waals surface area (Å²) in [6, 6.07) is 0. The first-order chi connectivity index (χ1) is 6.85. The Morgan fingerprint density at radius 3 is 2.20 bits per heavy atom. The SMILES string of the molecule is CC(C)C1OC(C)(C2CC2)OCC1(C)C. The molecule has 1 aliphatic carbocycles. The summed E-state index contributed by atoms with van der Waals surface area (Å²) >= 11 is 0. The van der Waals surface area contributed by atoms with Crippen molar-refractivity contribution in [1.82, 2.24) is 0 Å². The molecule has 2 fully saturated rings. The van der Waals surface area contributed by atoms with Crippen molar-refractivity contribution < 1.29 is 9.47 Å². The predicted octanol–water partition coefficient (Wildman–Crippen LogP) is 3.21. The molecule has 0 amide bonds. The first kappa shape index (κ1) is 11.4. The highest BCUT2D eigenvalue weighted by Gasteiger charge is 2.52. The molecule has 88 valence electrons. The van der Waals surface area contributed by atoms with Gasteiger partial charge >= 0.3 is 0 Å². The third kappa shape index (κ3) is 2.07. The molecule has 0 aromatic carbocycles. The summed E-state index contributed by atoms with van der Waals surface area (Å²) < 4.78 is 12.2. The highest BCUT2D eigenvalue weighted by Crippen LogP contribution is 2.49. The topological polar surface area (TPSA) is 18.5 Å². The van der Waals surface area contributed by atoms with Gasteiger partial charge in [0.25, 0.3) is 0 Å². The van der Waals surface area contributed by atoms with E-state index in [0.717, 1.165) is 6.61 Å². The molecule has 2 unspecified atom stereocenters. The van der Waals surface area contributed by atoms with E-state index < -0.39 is 0 Å². The molecule has 2 aliphatic rings. The molecule has 15 heavy (non-hydrogen) atoms. The summed E-state index contributed by atoms with van der Waals surface area (Å²) in [6.45, 7) is 11.9. The minimum Gasteiger partial charge on any atom is -0.349 e. The van der Waals surface area contributed by atoms with E-state index in [1.807, 2.05) is 0 Å². The van der Waals surface area contributed by atoms with Gasteiger partial charge in [0.15, 0.2) is 5.79 Å². The van der Waals surface area contributed by atoms with Crippen LogP contribution in [0, 0.1) is 17.3 Å². The lowest BCUT2D eigenvalue weighted by molar-refractivity contribution is -0.337. The van der Waals surface area contributed by atoms with E-state index in [2.05, 4.69) is 34.6 Å². The lowest BCUT2D eigenvalue weighted by Gasteiger charge is -2.49. The second-order valence-corrected chi connectivity index (χ2v) is 6.35. The second-order valence-electron chi connectivity index (χ2n) is 6.35. The molecule has 0 N–H and O–H groups in total. The van der Waals surface area contributed by atoms with Gasteiger partial charge < -0.3 is 9.47 Å². The summed E-state index contributed by atoms with van der Waals surface area (Å²) in [7, 11) is 0. The summed E-state index contributed by atoms with van der Waals surface area (Å²) in [5.41, 5.74) is 0.141. The van der Waals surface area contributed by atoms with Crippen molar-refractivity contribution >= 4 is 0 Å². The van der Waals surface area contributed by atoms with Crippen LogP contribution >= 0.6 is 0 Å². The van der Waals surface area contributed by atoms with E-state index in [0.29, 0.717) is 17.9 Å². The molecule has 2 atom stereocenters. The van der Waals surface area contributed by atoms with Gasteiger partial charge in [0.05, 0.1) is 12.7 Å². The van der Waals surface area contributed by atoms with Crippen molar-refractivity contribution in [2.75, 3.05) is 6.61 Å². The van der Waals surface area contributed by atoms with Crippen LogP contribution in [-0.2, 0) is 9.47 Å². The zero-order valence-electron chi connectivity index (χ0n) is 10.7. The third-order valence-electron chi connectivity index (χ3n) is 3.79. The summed E-state index contributed by atoms with van der Waals surface area (Å²) in [4.78, 5) is 0. The summed E-state index contributed by atoms with van der Waals surface area (Å²) in [5.74, 6) is 0.890. The molecular weight excluding hydrogens is 188 g/mol. The standard InChI is InChI=1S/C13H24O2/c1-9(2)11-12(3,4)8-14-13(5,15-11)10-6-7-10/h9-11H,6-8H2,1-5H3. The Bertz CT molecular complexity index is 243. The van der Waals surface area contributed by atoms with E-state index >= 15 is 0 Å². The van der Waals surface area contributed by atoms with Gasteiger partial charge in [-0.15, -0.1) is 0 Å². The molecule has 2 rings (SSSR count). The van der Waals surface area contributed by atoms with E-state index in [-0.39, 0.29) is 11.2 Å². The Morgan fingerprint density at radius 1 is 1.13 bits per heavy atom. The van der Waals surface area contributed by atoms with Crippen LogP contribution in [0.15, 0.2) is 0 Å². The molecule has 0 aromatic rings. The minimum absolute atomic E-state index is 0.141. The lowest BCUT2D eigenvalue weighted by atomic mass is 9.80. The first-order valence-corrected chi connectivity index (χ1v) is 6.17. The first-order valence-electron chi connectivity index (χ1n) is 6.17. The van der Waals surface area contributed by atoms with Crippen LogP contribution in [0.1, 0.15) is 47.5 Å². The number of rotatable bonds is 2. The van der Waals surface area contributed by atoms with Gasteiger partial charge in [-0.25, -0.2) is 0 Å². The molecule has 2 heteroatoms. The van der Waals surface area contributed by atoms with Gasteiger partial charge in [0.2, 0.25) is 0 Å². The fraction of sp³-hybridized carbons (Fsp3) is 1.00. The molecule has 1 saturated heterocycles. The smallest absolute Gasteiger partial charge is 0.168 e. The molecule has 0 spiro atoms. The van der Waals surface area contributed by atoms with Crippen LogP contribution < -0.4 is 0 Å². The quantitative estimate of drug-likeness (QED) is 0.699. The van der Waals surface area contributed by atoms with Crippen molar-refractivity contribution in [3.8, 4) is 0 Å². The zero-order valence-corrected chi connectivity index (χ0v) is 10.7. The highest BCUT2D eigenvalue weighted by molar-refractivity contribution is 4.94. The van der Waals surface area contributed by atoms with Crippen LogP contribution in [0.2, 0.25) is 0 Å². The Balaban J connectivity index is 2.12. The molecule has 0 radical (unpaired) electrons. The Labute approximate surface area is 93.3 Å². The molecule has 0 aromatic heterocycles. The maximum atomic E-state index is 6.25. The minimum atomic E-state index is -0.301. The summed E-state index contributed by atoms with van der Waals surface area (Å²) in [5, 5.41) is 0. The number of ether oxygens (including phenoxy) is 2. The van der Waals surface area contributed by atoms with Crippen molar-refractivity contribution in [3.05, 3.63) is 0 Å². The van der Waals surface area contributed by atoms with E-state index in [1.54, 1.807) is 0 Å². The van der Waals surface area contributed by atoms with Crippen LogP contribution in [0.25, 0.3) is 0 Å². The van der Waals surface area contributed by atoms with Crippen LogP contribution in [0.3, 0.4) is 0 Å². The molecule has 1 heterocycles. The summed E-state index contributed by atoms with van der Waals surface area (Å²) in [6.07, 6.45) is 2.85. The largest absolute Gasteiger partial charge is 0.349 e. The van der Waals surface area contributed by atoms with Crippen molar-refractivity contribution in [3.63, 3.8) is 0 Å². The fourth-order valence-corrected chi connectivity index (χ4v) is 2.72. The zero-order chi connectivity index (χ0) is 11.3. The molecule has 1 saturated carbocycles. The van der Waals surface area contributed by atoms with E-state index in [9.17, 15) is 0 Å². The second kappa shape index (κ2) is 3.46. The molecule has 0 bridgehead atoms. The normalized spacial score (nSPS) is 40.8. The maximum Gasteiger partial charge on any atom is 0.168 e. The lowest BCUT2D eigenvalue weighted by Crippen LogP contribution is -2.54. The predicted molar refractivity (Wildman–Crippen MR) is 60.6 cm³/mol. The van der Waals surface area contributed by atoms with Crippen LogP contribution in [0.5, 0.6) is 0 Å².